The Labute approximate surface area is 187 Å². The van der Waals surface area contributed by atoms with E-state index >= 15 is 0 Å². The van der Waals surface area contributed by atoms with E-state index in [-0.39, 0.29) is 10.8 Å². The molecular weight excluding hydrogens is 447 g/mol. The van der Waals surface area contributed by atoms with Gasteiger partial charge in [0.1, 0.15) is 11.3 Å². The molecule has 2 saturated carbocycles. The molecule has 164 valence electrons. The fourth-order valence-corrected chi connectivity index (χ4v) is 5.54. The highest BCUT2D eigenvalue weighted by molar-refractivity contribution is 7.98. The molecule has 31 heavy (non-hydrogen) atoms. The third kappa shape index (κ3) is 3.68. The van der Waals surface area contributed by atoms with Crippen LogP contribution in [-0.4, -0.2) is 41.4 Å². The average molecular weight is 469 g/mol. The number of ether oxygens (including phenoxy) is 1. The Balaban J connectivity index is 1.65. The largest absolute Gasteiger partial charge is 0.573 e. The lowest BCUT2D eigenvalue weighted by atomic mass is 10.1. The van der Waals surface area contributed by atoms with E-state index in [0.29, 0.717) is 17.6 Å². The molecule has 3 aromatic rings. The highest BCUT2D eigenvalue weighted by Crippen LogP contribution is 2.51. The summed E-state index contributed by atoms with van der Waals surface area (Å²) in [6.07, 6.45) is 2.18. The van der Waals surface area contributed by atoms with Crippen LogP contribution in [0.1, 0.15) is 25.7 Å². The number of fused-ring (bicyclic) bond motifs is 1. The van der Waals surface area contributed by atoms with E-state index in [2.05, 4.69) is 17.9 Å². The quantitative estimate of drug-likeness (QED) is 0.303. The Hall–Kier alpha value is -1.90. The molecule has 0 bridgehead atoms. The maximum Gasteiger partial charge on any atom is 0.573 e. The Bertz CT molecular complexity index is 1140. The first-order valence-electron chi connectivity index (χ1n) is 10.2. The molecule has 2 aromatic heterocycles. The van der Waals surface area contributed by atoms with Crippen LogP contribution in [0.5, 0.6) is 5.75 Å². The van der Waals surface area contributed by atoms with Crippen LogP contribution in [0.25, 0.3) is 16.8 Å². The number of nitrogens with zero attached hydrogens (tertiary/aromatic N) is 3. The molecule has 0 amide bonds. The van der Waals surface area contributed by atoms with Gasteiger partial charge in [-0.15, -0.1) is 24.9 Å². The second-order valence-electron chi connectivity index (χ2n) is 8.37. The van der Waals surface area contributed by atoms with Crippen LogP contribution in [0.15, 0.2) is 41.4 Å². The fraction of sp³-hybridized carbons (Fsp3) is 0.409. The van der Waals surface area contributed by atoms with Gasteiger partial charge in [0.05, 0.1) is 29.8 Å². The van der Waals surface area contributed by atoms with E-state index in [1.807, 2.05) is 22.9 Å². The van der Waals surface area contributed by atoms with Crippen molar-refractivity contribution in [2.75, 3.05) is 13.3 Å². The van der Waals surface area contributed by atoms with Crippen LogP contribution in [-0.2, 0) is 0 Å². The van der Waals surface area contributed by atoms with Crippen LogP contribution in [0.2, 0.25) is 5.02 Å². The maximum atomic E-state index is 12.6. The van der Waals surface area contributed by atoms with Crippen molar-refractivity contribution in [3.05, 3.63) is 41.4 Å². The number of hydrogen-bond acceptors (Lipinski definition) is 3. The Kier molecular flexibility index (Phi) is 4.95. The van der Waals surface area contributed by atoms with Crippen LogP contribution < -0.4 is 9.22 Å². The summed E-state index contributed by atoms with van der Waals surface area (Å²) in [7, 11) is 2.33. The molecule has 0 N–H and O–H groups in total. The number of thioether (sulfide) groups is 1. The van der Waals surface area contributed by atoms with Gasteiger partial charge < -0.3 is 4.74 Å². The van der Waals surface area contributed by atoms with Gasteiger partial charge in [0.15, 0.2) is 10.7 Å². The summed E-state index contributed by atoms with van der Waals surface area (Å²) in [5, 5.41) is 6.08. The van der Waals surface area contributed by atoms with E-state index in [9.17, 15) is 13.2 Å². The summed E-state index contributed by atoms with van der Waals surface area (Å²) < 4.78 is 44.5. The molecule has 2 heterocycles. The maximum absolute atomic E-state index is 12.6. The minimum atomic E-state index is -4.76. The smallest absolute Gasteiger partial charge is 0.406 e. The lowest BCUT2D eigenvalue weighted by molar-refractivity contribution is -0.274. The Morgan fingerprint density at radius 2 is 1.81 bits per heavy atom. The molecule has 2 aliphatic rings. The van der Waals surface area contributed by atoms with Gasteiger partial charge in [-0.25, -0.2) is 4.52 Å². The highest BCUT2D eigenvalue weighted by Gasteiger charge is 2.55. The van der Waals surface area contributed by atoms with Crippen LogP contribution in [0.3, 0.4) is 0 Å². The van der Waals surface area contributed by atoms with Crippen molar-refractivity contribution in [2.24, 2.45) is 0 Å². The van der Waals surface area contributed by atoms with Gasteiger partial charge in [-0.1, -0.05) is 17.7 Å². The van der Waals surface area contributed by atoms with Gasteiger partial charge in [0.25, 0.3) is 0 Å². The summed E-state index contributed by atoms with van der Waals surface area (Å²) in [4.78, 5) is 0. The first-order chi connectivity index (χ1) is 14.7. The highest BCUT2D eigenvalue weighted by atomic mass is 35.5. The summed E-state index contributed by atoms with van der Waals surface area (Å²) >= 11 is 8.02. The van der Waals surface area contributed by atoms with Crippen LogP contribution in [0, 0.1) is 0 Å². The summed E-state index contributed by atoms with van der Waals surface area (Å²) in [6, 6.07) is 11.2. The second-order valence-corrected chi connectivity index (χ2v) is 9.57. The van der Waals surface area contributed by atoms with Crippen molar-refractivity contribution in [1.29, 1.82) is 0 Å². The van der Waals surface area contributed by atoms with E-state index in [4.69, 9.17) is 16.7 Å². The van der Waals surface area contributed by atoms with Crippen LogP contribution >= 0.6 is 23.4 Å². The first kappa shape index (κ1) is 21.0. The predicted octanol–water partition coefficient (Wildman–Crippen LogP) is 6.54. The number of benzene rings is 1. The van der Waals surface area contributed by atoms with E-state index in [1.165, 1.54) is 43.5 Å². The van der Waals surface area contributed by atoms with Gasteiger partial charge in [-0.2, -0.15) is 5.10 Å². The normalized spacial score (nSPS) is 17.4. The Morgan fingerprint density at radius 3 is 2.35 bits per heavy atom. The summed E-state index contributed by atoms with van der Waals surface area (Å²) in [6.45, 7) is 0. The van der Waals surface area contributed by atoms with Crippen molar-refractivity contribution in [3.8, 4) is 17.0 Å². The van der Waals surface area contributed by atoms with Gasteiger partial charge >= 0.3 is 6.36 Å². The molecule has 1 aromatic carbocycles. The molecule has 0 unspecified atom stereocenters. The Morgan fingerprint density at radius 1 is 1.13 bits per heavy atom. The molecular formula is C22H22ClF3N3OS+. The van der Waals surface area contributed by atoms with Crippen molar-refractivity contribution in [3.63, 3.8) is 0 Å². The molecule has 4 nitrogen and oxygen atoms in total. The SMILES string of the molecule is CSc1nn2c(-c3ccc(OC(F)(F)F)cc3Cl)cccc2c1[N+](C)(C1CC1)C1CC1. The van der Waals surface area contributed by atoms with Crippen molar-refractivity contribution < 1.29 is 17.9 Å². The number of hydrogen-bond donors (Lipinski definition) is 0. The van der Waals surface area contributed by atoms with Gasteiger partial charge in [0.2, 0.25) is 0 Å². The van der Waals surface area contributed by atoms with Crippen molar-refractivity contribution in [1.82, 2.24) is 14.1 Å². The second kappa shape index (κ2) is 7.32. The fourth-order valence-electron chi connectivity index (χ4n) is 4.62. The molecule has 0 saturated heterocycles. The minimum absolute atomic E-state index is 0.179. The molecule has 0 atom stereocenters. The zero-order chi connectivity index (χ0) is 22.0. The van der Waals surface area contributed by atoms with Gasteiger partial charge in [-0.05, 0) is 36.6 Å². The molecule has 2 aliphatic carbocycles. The van der Waals surface area contributed by atoms with Crippen molar-refractivity contribution >= 4 is 34.6 Å². The lowest BCUT2D eigenvalue weighted by Crippen LogP contribution is -2.49. The standard InChI is InChI=1S/C22H22ClF3N3OS/c1-29(13-6-7-13,14-8-9-14)20-19-5-3-4-18(28(19)27-21(20)31-2)16-11-10-15(12-17(16)23)30-22(24,25)26/h3-5,10-14H,6-9H2,1-2H3/q+1. The molecule has 0 aliphatic heterocycles. The topological polar surface area (TPSA) is 26.5 Å². The predicted molar refractivity (Wildman–Crippen MR) is 118 cm³/mol. The van der Waals surface area contributed by atoms with E-state index < -0.39 is 6.36 Å². The van der Waals surface area contributed by atoms with E-state index in [1.54, 1.807) is 17.8 Å². The number of alkyl halides is 3. The minimum Gasteiger partial charge on any atom is -0.406 e. The molecule has 2 fully saturated rings. The molecule has 5 rings (SSSR count). The molecule has 0 radical (unpaired) electrons. The van der Waals surface area contributed by atoms with Crippen molar-refractivity contribution in [2.45, 2.75) is 49.2 Å². The number of quaternary nitrogens is 1. The average Bonchev–Trinajstić information content (AvgIpc) is 3.60. The monoisotopic (exact) mass is 468 g/mol. The zero-order valence-corrected chi connectivity index (χ0v) is 18.7. The third-order valence-corrected chi connectivity index (χ3v) is 7.31. The molecule has 0 spiro atoms. The lowest BCUT2D eigenvalue weighted by Gasteiger charge is -2.34. The molecule has 9 heteroatoms. The summed E-state index contributed by atoms with van der Waals surface area (Å²) in [5.74, 6) is -0.342. The van der Waals surface area contributed by atoms with E-state index in [0.717, 1.165) is 20.7 Å². The number of aromatic nitrogens is 2. The van der Waals surface area contributed by atoms with Gasteiger partial charge in [0, 0.05) is 31.2 Å². The summed E-state index contributed by atoms with van der Waals surface area (Å²) in [5.41, 5.74) is 3.61. The first-order valence-corrected chi connectivity index (χ1v) is 11.8. The number of pyridine rings is 1. The number of halogens is 4. The van der Waals surface area contributed by atoms with Gasteiger partial charge in [-0.3, -0.25) is 4.48 Å². The third-order valence-electron chi connectivity index (χ3n) is 6.34. The van der Waals surface area contributed by atoms with Crippen LogP contribution in [0.4, 0.5) is 18.9 Å². The number of rotatable bonds is 6. The zero-order valence-electron chi connectivity index (χ0n) is 17.1.